The topological polar surface area (TPSA) is 55.5 Å². The Hall–Kier alpha value is -1.81. The van der Waals surface area contributed by atoms with Crippen LogP contribution in [0.5, 0.6) is 5.75 Å². The summed E-state index contributed by atoms with van der Waals surface area (Å²) in [6.07, 6.45) is 5.64. The quantitative estimate of drug-likeness (QED) is 0.861. The number of ether oxygens (including phenoxy) is 1. The Morgan fingerprint density at radius 1 is 1.47 bits per heavy atom. The highest BCUT2D eigenvalue weighted by Gasteiger charge is 2.10. The Kier molecular flexibility index (Phi) is 3.77. The van der Waals surface area contributed by atoms with Crippen LogP contribution in [0.1, 0.15) is 23.8 Å². The monoisotopic (exact) mass is 233 g/mol. The maximum absolute atomic E-state index is 10.0. The van der Waals surface area contributed by atoms with Crippen LogP contribution in [0.25, 0.3) is 0 Å². The molecule has 0 saturated heterocycles. The lowest BCUT2D eigenvalue weighted by molar-refractivity contribution is 0.164. The molecule has 2 aromatic heterocycles. The Balaban J connectivity index is 1.96. The maximum atomic E-state index is 10.0. The zero-order valence-corrected chi connectivity index (χ0v) is 9.67. The van der Waals surface area contributed by atoms with E-state index < -0.39 is 6.10 Å². The molecule has 4 heteroatoms. The molecular formula is C13H15NO3. The lowest BCUT2D eigenvalue weighted by atomic mass is 10.1. The van der Waals surface area contributed by atoms with E-state index in [1.54, 1.807) is 31.8 Å². The van der Waals surface area contributed by atoms with E-state index in [1.807, 2.05) is 12.1 Å². The second-order valence-electron chi connectivity index (χ2n) is 3.79. The van der Waals surface area contributed by atoms with Gasteiger partial charge < -0.3 is 14.3 Å². The molecule has 0 aromatic carbocycles. The lowest BCUT2D eigenvalue weighted by Crippen LogP contribution is -2.00. The summed E-state index contributed by atoms with van der Waals surface area (Å²) in [4.78, 5) is 4.01. The predicted octanol–water partition coefficient (Wildman–Crippen LogP) is 2.35. The average molecular weight is 233 g/mol. The molecule has 90 valence electrons. The standard InChI is InChI=1S/C13H15NO3/c1-16-12-7-10(8-14-9-12)13(15)5-4-11-3-2-6-17-11/h2-3,6-9,13,15H,4-5H2,1H3. The predicted molar refractivity (Wildman–Crippen MR) is 62.8 cm³/mol. The number of hydrogen-bond donors (Lipinski definition) is 1. The summed E-state index contributed by atoms with van der Waals surface area (Å²) in [6.45, 7) is 0. The third kappa shape index (κ3) is 3.07. The Morgan fingerprint density at radius 2 is 2.35 bits per heavy atom. The van der Waals surface area contributed by atoms with Crippen molar-refractivity contribution >= 4 is 0 Å². The normalized spacial score (nSPS) is 12.4. The van der Waals surface area contributed by atoms with Gasteiger partial charge in [0.1, 0.15) is 11.5 Å². The summed E-state index contributed by atoms with van der Waals surface area (Å²) >= 11 is 0. The van der Waals surface area contributed by atoms with E-state index in [1.165, 1.54) is 0 Å². The van der Waals surface area contributed by atoms with E-state index in [9.17, 15) is 5.11 Å². The van der Waals surface area contributed by atoms with Gasteiger partial charge in [-0.25, -0.2) is 0 Å². The van der Waals surface area contributed by atoms with E-state index >= 15 is 0 Å². The van der Waals surface area contributed by atoms with Crippen LogP contribution >= 0.6 is 0 Å². The Labute approximate surface area is 99.9 Å². The second kappa shape index (κ2) is 5.50. The van der Waals surface area contributed by atoms with Crippen LogP contribution in [-0.2, 0) is 6.42 Å². The molecule has 2 heterocycles. The first-order valence-electron chi connectivity index (χ1n) is 5.49. The van der Waals surface area contributed by atoms with Crippen molar-refractivity contribution in [1.82, 2.24) is 4.98 Å². The van der Waals surface area contributed by atoms with Gasteiger partial charge in [0.2, 0.25) is 0 Å². The molecule has 0 aliphatic carbocycles. The van der Waals surface area contributed by atoms with Crippen LogP contribution in [-0.4, -0.2) is 17.2 Å². The van der Waals surface area contributed by atoms with Crippen LogP contribution in [0.4, 0.5) is 0 Å². The number of hydrogen-bond acceptors (Lipinski definition) is 4. The summed E-state index contributed by atoms with van der Waals surface area (Å²) in [7, 11) is 1.58. The first-order chi connectivity index (χ1) is 8.29. The zero-order chi connectivity index (χ0) is 12.1. The number of aryl methyl sites for hydroxylation is 1. The van der Waals surface area contributed by atoms with Gasteiger partial charge >= 0.3 is 0 Å². The molecule has 17 heavy (non-hydrogen) atoms. The largest absolute Gasteiger partial charge is 0.495 e. The second-order valence-corrected chi connectivity index (χ2v) is 3.79. The number of methoxy groups -OCH3 is 1. The van der Waals surface area contributed by atoms with Crippen LogP contribution in [0.2, 0.25) is 0 Å². The van der Waals surface area contributed by atoms with Crippen molar-refractivity contribution in [3.63, 3.8) is 0 Å². The fraction of sp³-hybridized carbons (Fsp3) is 0.308. The number of aliphatic hydroxyl groups excluding tert-OH is 1. The van der Waals surface area contributed by atoms with Gasteiger partial charge in [0.15, 0.2) is 0 Å². The van der Waals surface area contributed by atoms with Gasteiger partial charge in [-0.3, -0.25) is 4.98 Å². The van der Waals surface area contributed by atoms with E-state index in [-0.39, 0.29) is 0 Å². The molecule has 0 radical (unpaired) electrons. The highest BCUT2D eigenvalue weighted by molar-refractivity contribution is 5.25. The molecule has 2 rings (SSSR count). The highest BCUT2D eigenvalue weighted by atomic mass is 16.5. The van der Waals surface area contributed by atoms with Gasteiger partial charge in [-0.15, -0.1) is 0 Å². The molecule has 0 spiro atoms. The van der Waals surface area contributed by atoms with Crippen molar-refractivity contribution in [3.05, 3.63) is 48.2 Å². The van der Waals surface area contributed by atoms with Crippen LogP contribution in [0.3, 0.4) is 0 Å². The van der Waals surface area contributed by atoms with E-state index in [0.717, 1.165) is 11.3 Å². The van der Waals surface area contributed by atoms with Crippen molar-refractivity contribution in [3.8, 4) is 5.75 Å². The van der Waals surface area contributed by atoms with Gasteiger partial charge in [0, 0.05) is 18.2 Å². The van der Waals surface area contributed by atoms with E-state index in [2.05, 4.69) is 4.98 Å². The number of aromatic nitrogens is 1. The minimum Gasteiger partial charge on any atom is -0.495 e. The minimum absolute atomic E-state index is 0.553. The molecule has 4 nitrogen and oxygen atoms in total. The number of aliphatic hydroxyl groups is 1. The van der Waals surface area contributed by atoms with Gasteiger partial charge in [-0.2, -0.15) is 0 Å². The SMILES string of the molecule is COc1cncc(C(O)CCc2ccco2)c1. The molecule has 0 saturated carbocycles. The van der Waals surface area contributed by atoms with Crippen LogP contribution < -0.4 is 4.74 Å². The minimum atomic E-state index is -0.553. The fourth-order valence-corrected chi connectivity index (χ4v) is 1.63. The lowest BCUT2D eigenvalue weighted by Gasteiger charge is -2.10. The van der Waals surface area contributed by atoms with Gasteiger partial charge in [0.05, 0.1) is 25.7 Å². The van der Waals surface area contributed by atoms with Crippen LogP contribution in [0, 0.1) is 0 Å². The third-order valence-electron chi connectivity index (χ3n) is 2.60. The smallest absolute Gasteiger partial charge is 0.137 e. The van der Waals surface area contributed by atoms with Gasteiger partial charge in [-0.05, 0) is 24.6 Å². The zero-order valence-electron chi connectivity index (χ0n) is 9.67. The molecule has 0 fully saturated rings. The molecule has 1 atom stereocenters. The Bertz CT molecular complexity index is 453. The Morgan fingerprint density at radius 3 is 3.06 bits per heavy atom. The van der Waals surface area contributed by atoms with Gasteiger partial charge in [-0.1, -0.05) is 0 Å². The van der Waals surface area contributed by atoms with Crippen molar-refractivity contribution in [1.29, 1.82) is 0 Å². The number of nitrogens with zero attached hydrogens (tertiary/aromatic N) is 1. The van der Waals surface area contributed by atoms with E-state index in [0.29, 0.717) is 18.6 Å². The van der Waals surface area contributed by atoms with E-state index in [4.69, 9.17) is 9.15 Å². The highest BCUT2D eigenvalue weighted by Crippen LogP contribution is 2.21. The maximum Gasteiger partial charge on any atom is 0.137 e. The summed E-state index contributed by atoms with van der Waals surface area (Å²) in [5.41, 5.74) is 0.760. The first-order valence-corrected chi connectivity index (χ1v) is 5.49. The summed E-state index contributed by atoms with van der Waals surface area (Å²) in [6, 6.07) is 5.53. The number of pyridine rings is 1. The summed E-state index contributed by atoms with van der Waals surface area (Å²) in [5, 5.41) is 10.0. The molecule has 0 amide bonds. The molecule has 2 aromatic rings. The van der Waals surface area contributed by atoms with Crippen molar-refractivity contribution in [2.75, 3.05) is 7.11 Å². The molecule has 0 aliphatic rings. The number of furan rings is 1. The van der Waals surface area contributed by atoms with Gasteiger partial charge in [0.25, 0.3) is 0 Å². The van der Waals surface area contributed by atoms with Crippen molar-refractivity contribution in [2.24, 2.45) is 0 Å². The summed E-state index contributed by atoms with van der Waals surface area (Å²) < 4.78 is 10.3. The van der Waals surface area contributed by atoms with Crippen molar-refractivity contribution in [2.45, 2.75) is 18.9 Å². The molecule has 1 N–H and O–H groups in total. The van der Waals surface area contributed by atoms with Crippen molar-refractivity contribution < 1.29 is 14.3 Å². The summed E-state index contributed by atoms with van der Waals surface area (Å²) in [5.74, 6) is 1.53. The first kappa shape index (κ1) is 11.7. The molecule has 1 unspecified atom stereocenters. The third-order valence-corrected chi connectivity index (χ3v) is 2.60. The molecular weight excluding hydrogens is 218 g/mol. The average Bonchev–Trinajstić information content (AvgIpc) is 2.89. The molecule has 0 aliphatic heterocycles. The van der Waals surface area contributed by atoms with Crippen LogP contribution in [0.15, 0.2) is 41.3 Å². The molecule has 0 bridgehead atoms. The number of rotatable bonds is 5. The fourth-order valence-electron chi connectivity index (χ4n) is 1.63.